The van der Waals surface area contributed by atoms with Crippen molar-refractivity contribution in [3.05, 3.63) is 23.9 Å². The van der Waals surface area contributed by atoms with Gasteiger partial charge in [0.2, 0.25) is 5.16 Å². The Morgan fingerprint density at radius 3 is 3.00 bits per heavy atom. The molecule has 19 heavy (non-hydrogen) atoms. The van der Waals surface area contributed by atoms with Gasteiger partial charge in [0.15, 0.2) is 0 Å². The Kier molecular flexibility index (Phi) is 4.86. The van der Waals surface area contributed by atoms with Gasteiger partial charge in [-0.25, -0.2) is 9.67 Å². The molecule has 0 radical (unpaired) electrons. The smallest absolute Gasteiger partial charge is 0.215 e. The maximum atomic E-state index is 4.34. The van der Waals surface area contributed by atoms with Crippen LogP contribution in [0.1, 0.15) is 31.9 Å². The highest BCUT2D eigenvalue weighted by molar-refractivity contribution is 7.99. The molecule has 7 heteroatoms. The molecule has 1 unspecified atom stereocenters. The van der Waals surface area contributed by atoms with Crippen LogP contribution in [0.25, 0.3) is 0 Å². The first-order valence-corrected chi connectivity index (χ1v) is 7.12. The molecule has 0 aliphatic carbocycles. The van der Waals surface area contributed by atoms with Gasteiger partial charge in [-0.15, -0.1) is 5.10 Å². The second-order valence-electron chi connectivity index (χ2n) is 4.29. The summed E-state index contributed by atoms with van der Waals surface area (Å²) in [6.07, 6.45) is 2.95. The van der Waals surface area contributed by atoms with Crippen LogP contribution in [0.15, 0.2) is 28.5 Å². The quantitative estimate of drug-likeness (QED) is 0.869. The largest absolute Gasteiger partial charge is 0.310 e. The fourth-order valence-corrected chi connectivity index (χ4v) is 2.37. The van der Waals surface area contributed by atoms with E-state index in [1.54, 1.807) is 4.68 Å². The zero-order chi connectivity index (χ0) is 13.7. The SMILES string of the molecule is CCCNC(C)c1ccnc(Sc2nnnn2C)c1. The number of hydrogen-bond donors (Lipinski definition) is 1. The average Bonchev–Trinajstić information content (AvgIpc) is 2.82. The number of aromatic nitrogens is 5. The van der Waals surface area contributed by atoms with Crippen molar-refractivity contribution in [2.75, 3.05) is 6.54 Å². The molecule has 0 saturated heterocycles. The summed E-state index contributed by atoms with van der Waals surface area (Å²) in [5, 5.41) is 16.5. The molecule has 0 aromatic carbocycles. The summed E-state index contributed by atoms with van der Waals surface area (Å²) < 4.78 is 1.64. The van der Waals surface area contributed by atoms with Crippen LogP contribution < -0.4 is 5.32 Å². The first-order valence-electron chi connectivity index (χ1n) is 6.30. The molecule has 0 aliphatic rings. The van der Waals surface area contributed by atoms with Crippen LogP contribution in [0.5, 0.6) is 0 Å². The Balaban J connectivity index is 2.09. The van der Waals surface area contributed by atoms with E-state index in [1.807, 2.05) is 19.3 Å². The van der Waals surface area contributed by atoms with Crippen molar-refractivity contribution in [2.24, 2.45) is 7.05 Å². The van der Waals surface area contributed by atoms with Crippen LogP contribution in [-0.4, -0.2) is 31.7 Å². The number of pyridine rings is 1. The molecule has 0 fully saturated rings. The van der Waals surface area contributed by atoms with Crippen LogP contribution in [-0.2, 0) is 7.05 Å². The average molecular weight is 278 g/mol. The summed E-state index contributed by atoms with van der Waals surface area (Å²) in [6.45, 7) is 5.33. The summed E-state index contributed by atoms with van der Waals surface area (Å²) in [6, 6.07) is 4.43. The number of tetrazole rings is 1. The van der Waals surface area contributed by atoms with E-state index in [0.29, 0.717) is 6.04 Å². The number of nitrogens with zero attached hydrogens (tertiary/aromatic N) is 5. The lowest BCUT2D eigenvalue weighted by molar-refractivity contribution is 0.569. The molecule has 2 aromatic rings. The van der Waals surface area contributed by atoms with E-state index in [1.165, 1.54) is 17.3 Å². The fourth-order valence-electron chi connectivity index (χ4n) is 1.63. The molecule has 2 aromatic heterocycles. The lowest BCUT2D eigenvalue weighted by atomic mass is 10.1. The third-order valence-electron chi connectivity index (χ3n) is 2.74. The van der Waals surface area contributed by atoms with E-state index in [-0.39, 0.29) is 0 Å². The molecule has 0 aliphatic heterocycles. The summed E-state index contributed by atoms with van der Waals surface area (Å²) in [4.78, 5) is 4.34. The molecular weight excluding hydrogens is 260 g/mol. The standard InChI is InChI=1S/C12H18N6S/c1-4-6-13-9(2)10-5-7-14-11(8-10)19-12-15-16-17-18(12)3/h5,7-9,13H,4,6H2,1-3H3. The monoisotopic (exact) mass is 278 g/mol. The lowest BCUT2D eigenvalue weighted by Gasteiger charge is -2.13. The van der Waals surface area contributed by atoms with Crippen LogP contribution >= 0.6 is 11.8 Å². The van der Waals surface area contributed by atoms with Crippen molar-refractivity contribution in [2.45, 2.75) is 36.5 Å². The predicted octanol–water partition coefficient (Wildman–Crippen LogP) is 1.82. The Hall–Kier alpha value is -1.47. The number of nitrogens with one attached hydrogen (secondary N) is 1. The van der Waals surface area contributed by atoms with Crippen LogP contribution in [0.2, 0.25) is 0 Å². The molecule has 0 spiro atoms. The van der Waals surface area contributed by atoms with Gasteiger partial charge in [-0.05, 0) is 59.8 Å². The zero-order valence-electron chi connectivity index (χ0n) is 11.4. The maximum absolute atomic E-state index is 4.34. The number of rotatable bonds is 6. The van der Waals surface area contributed by atoms with E-state index < -0.39 is 0 Å². The van der Waals surface area contributed by atoms with Crippen molar-refractivity contribution in [3.63, 3.8) is 0 Å². The first-order chi connectivity index (χ1) is 9.20. The van der Waals surface area contributed by atoms with Gasteiger partial charge in [-0.2, -0.15) is 0 Å². The second kappa shape index (κ2) is 6.63. The Morgan fingerprint density at radius 2 is 2.32 bits per heavy atom. The van der Waals surface area contributed by atoms with Gasteiger partial charge < -0.3 is 5.32 Å². The van der Waals surface area contributed by atoms with E-state index in [4.69, 9.17) is 0 Å². The van der Waals surface area contributed by atoms with Crippen molar-refractivity contribution in [3.8, 4) is 0 Å². The minimum Gasteiger partial charge on any atom is -0.310 e. The highest BCUT2D eigenvalue weighted by atomic mass is 32.2. The molecule has 102 valence electrons. The van der Waals surface area contributed by atoms with Crippen molar-refractivity contribution < 1.29 is 0 Å². The molecule has 2 heterocycles. The van der Waals surface area contributed by atoms with Crippen LogP contribution in [0.3, 0.4) is 0 Å². The third-order valence-corrected chi connectivity index (χ3v) is 3.70. The Bertz CT molecular complexity index is 526. The fraction of sp³-hybridized carbons (Fsp3) is 0.500. The van der Waals surface area contributed by atoms with E-state index >= 15 is 0 Å². The van der Waals surface area contributed by atoms with Crippen molar-refractivity contribution in [1.82, 2.24) is 30.5 Å². The minimum atomic E-state index is 0.319. The number of hydrogen-bond acceptors (Lipinski definition) is 6. The predicted molar refractivity (Wildman–Crippen MR) is 73.9 cm³/mol. The molecule has 0 amide bonds. The Labute approximate surface area is 117 Å². The lowest BCUT2D eigenvalue weighted by Crippen LogP contribution is -2.19. The molecular formula is C12H18N6S. The summed E-state index contributed by atoms with van der Waals surface area (Å²) in [7, 11) is 1.82. The van der Waals surface area contributed by atoms with E-state index in [2.05, 4.69) is 45.7 Å². The molecule has 1 atom stereocenters. The van der Waals surface area contributed by atoms with Crippen molar-refractivity contribution >= 4 is 11.8 Å². The third kappa shape index (κ3) is 3.74. The van der Waals surface area contributed by atoms with Gasteiger partial charge in [-0.1, -0.05) is 6.92 Å². The summed E-state index contributed by atoms with van der Waals surface area (Å²) in [5.41, 5.74) is 1.22. The van der Waals surface area contributed by atoms with E-state index in [0.717, 1.165) is 23.1 Å². The highest BCUT2D eigenvalue weighted by Gasteiger charge is 2.09. The Morgan fingerprint density at radius 1 is 1.47 bits per heavy atom. The topological polar surface area (TPSA) is 68.5 Å². The molecule has 0 saturated carbocycles. The highest BCUT2D eigenvalue weighted by Crippen LogP contribution is 2.25. The molecule has 2 rings (SSSR count). The summed E-state index contributed by atoms with van der Waals surface area (Å²) >= 11 is 1.46. The van der Waals surface area contributed by atoms with Gasteiger partial charge >= 0.3 is 0 Å². The van der Waals surface area contributed by atoms with E-state index in [9.17, 15) is 0 Å². The molecule has 1 N–H and O–H groups in total. The van der Waals surface area contributed by atoms with Crippen LogP contribution in [0.4, 0.5) is 0 Å². The maximum Gasteiger partial charge on any atom is 0.215 e. The number of aryl methyl sites for hydroxylation is 1. The zero-order valence-corrected chi connectivity index (χ0v) is 12.2. The van der Waals surface area contributed by atoms with Gasteiger partial charge in [0, 0.05) is 19.3 Å². The van der Waals surface area contributed by atoms with Gasteiger partial charge in [0.1, 0.15) is 5.03 Å². The van der Waals surface area contributed by atoms with Gasteiger partial charge in [0.05, 0.1) is 0 Å². The van der Waals surface area contributed by atoms with Crippen molar-refractivity contribution in [1.29, 1.82) is 0 Å². The van der Waals surface area contributed by atoms with Gasteiger partial charge in [-0.3, -0.25) is 0 Å². The first kappa shape index (κ1) is 14.0. The summed E-state index contributed by atoms with van der Waals surface area (Å²) in [5.74, 6) is 0. The molecule has 6 nitrogen and oxygen atoms in total. The second-order valence-corrected chi connectivity index (χ2v) is 5.28. The molecule has 0 bridgehead atoms. The van der Waals surface area contributed by atoms with Gasteiger partial charge in [0.25, 0.3) is 0 Å². The normalized spacial score (nSPS) is 12.6. The minimum absolute atomic E-state index is 0.319. The van der Waals surface area contributed by atoms with Crippen LogP contribution in [0, 0.1) is 0 Å².